The fraction of sp³-hybridized carbons (Fsp3) is 0.759. The second-order valence-electron chi connectivity index (χ2n) is 13.1. The maximum absolute atomic E-state index is 13.2. The van der Waals surface area contributed by atoms with Crippen molar-refractivity contribution in [1.29, 1.82) is 0 Å². The average Bonchev–Trinajstić information content (AvgIpc) is 2.69. The Balaban J connectivity index is 3.24. The summed E-state index contributed by atoms with van der Waals surface area (Å²) in [5, 5.41) is 0. The molecular formula is C29H50O3S. The summed E-state index contributed by atoms with van der Waals surface area (Å²) >= 11 is 0. The zero-order chi connectivity index (χ0) is 25.7. The molecule has 0 aliphatic rings. The van der Waals surface area contributed by atoms with Crippen LogP contribution in [-0.2, 0) is 20.3 Å². The predicted molar refractivity (Wildman–Crippen MR) is 143 cm³/mol. The lowest BCUT2D eigenvalue weighted by Gasteiger charge is -2.51. The molecule has 0 saturated carbocycles. The van der Waals surface area contributed by atoms with E-state index in [0.717, 1.165) is 12.8 Å². The molecule has 3 atom stereocenters. The number of esters is 1. The number of rotatable bonds is 11. The van der Waals surface area contributed by atoms with Crippen LogP contribution in [0.3, 0.4) is 0 Å². The van der Waals surface area contributed by atoms with Crippen molar-refractivity contribution in [2.45, 2.75) is 94.9 Å². The largest absolute Gasteiger partial charge is 0.464 e. The van der Waals surface area contributed by atoms with Gasteiger partial charge in [-0.1, -0.05) is 106 Å². The number of hydrogen-bond acceptors (Lipinski definition) is 3. The minimum absolute atomic E-state index is 0.0604. The van der Waals surface area contributed by atoms with Gasteiger partial charge in [-0.05, 0) is 46.0 Å². The fourth-order valence-electron chi connectivity index (χ4n) is 4.56. The summed E-state index contributed by atoms with van der Waals surface area (Å²) in [4.78, 5) is 13.2. The first kappa shape index (κ1) is 29.9. The van der Waals surface area contributed by atoms with Gasteiger partial charge in [0, 0.05) is 16.6 Å². The predicted octanol–water partition coefficient (Wildman–Crippen LogP) is 7.62. The molecule has 0 amide bonds. The summed E-state index contributed by atoms with van der Waals surface area (Å²) in [6, 6.07) is 10.8. The smallest absolute Gasteiger partial charge is 0.309 e. The Labute approximate surface area is 206 Å². The molecule has 33 heavy (non-hydrogen) atoms. The minimum atomic E-state index is -0.925. The minimum Gasteiger partial charge on any atom is -0.464 e. The SMILES string of the molecule is CCS(=O)CCOC(=O)C(CC(C)(C)C(C)(C)C(CC(C)(C)C)c1ccccc1)C(C)(C)C. The highest BCUT2D eigenvalue weighted by molar-refractivity contribution is 7.84. The third kappa shape index (κ3) is 8.85. The summed E-state index contributed by atoms with van der Waals surface area (Å²) in [6.45, 7) is 24.8. The molecule has 0 N–H and O–H groups in total. The monoisotopic (exact) mass is 478 g/mol. The summed E-state index contributed by atoms with van der Waals surface area (Å²) in [5.41, 5.74) is 1.14. The Morgan fingerprint density at radius 1 is 0.909 bits per heavy atom. The van der Waals surface area contributed by atoms with Crippen LogP contribution >= 0.6 is 0 Å². The highest BCUT2D eigenvalue weighted by Gasteiger charge is 2.48. The van der Waals surface area contributed by atoms with E-state index in [0.29, 0.717) is 17.4 Å². The van der Waals surface area contributed by atoms with Crippen molar-refractivity contribution in [1.82, 2.24) is 0 Å². The number of benzene rings is 1. The second-order valence-corrected chi connectivity index (χ2v) is 14.9. The van der Waals surface area contributed by atoms with Crippen molar-refractivity contribution in [2.75, 3.05) is 18.1 Å². The lowest BCUT2D eigenvalue weighted by molar-refractivity contribution is -0.154. The standard InChI is InChI=1S/C29H50O3S/c1-12-33(31)19-18-32-25(30)24(27(5,6)7)21-28(8,9)29(10,11)23(20-26(2,3)4)22-16-14-13-15-17-22/h13-17,23-24H,12,18-21H2,1-11H3. The molecule has 1 aromatic carbocycles. The van der Waals surface area contributed by atoms with Gasteiger partial charge in [0.05, 0.1) is 11.7 Å². The van der Waals surface area contributed by atoms with Crippen LogP contribution in [0.1, 0.15) is 100 Å². The van der Waals surface area contributed by atoms with Gasteiger partial charge in [-0.25, -0.2) is 0 Å². The van der Waals surface area contributed by atoms with Gasteiger partial charge in [-0.15, -0.1) is 0 Å². The quantitative estimate of drug-likeness (QED) is 0.307. The van der Waals surface area contributed by atoms with Gasteiger partial charge in [0.2, 0.25) is 0 Å². The fourth-order valence-corrected chi connectivity index (χ4v) is 5.11. The van der Waals surface area contributed by atoms with Gasteiger partial charge in [0.15, 0.2) is 0 Å². The molecule has 0 saturated heterocycles. The first-order valence-electron chi connectivity index (χ1n) is 12.5. The average molecular weight is 479 g/mol. The lowest BCUT2D eigenvalue weighted by atomic mass is 9.53. The van der Waals surface area contributed by atoms with Crippen LogP contribution in [0.25, 0.3) is 0 Å². The molecule has 3 unspecified atom stereocenters. The summed E-state index contributed by atoms with van der Waals surface area (Å²) in [7, 11) is -0.925. The van der Waals surface area contributed by atoms with Crippen LogP contribution < -0.4 is 0 Å². The highest BCUT2D eigenvalue weighted by atomic mass is 32.2. The molecule has 0 fully saturated rings. The van der Waals surface area contributed by atoms with Crippen LogP contribution in [0.5, 0.6) is 0 Å². The lowest BCUT2D eigenvalue weighted by Crippen LogP contribution is -2.44. The van der Waals surface area contributed by atoms with Crippen LogP contribution in [0.15, 0.2) is 30.3 Å². The first-order valence-corrected chi connectivity index (χ1v) is 14.0. The molecule has 1 rings (SSSR count). The van der Waals surface area contributed by atoms with Crippen LogP contribution in [-0.4, -0.2) is 28.3 Å². The molecule has 0 aliphatic carbocycles. The van der Waals surface area contributed by atoms with Crippen molar-refractivity contribution in [3.8, 4) is 0 Å². The topological polar surface area (TPSA) is 43.4 Å². The van der Waals surface area contributed by atoms with Crippen LogP contribution in [0.4, 0.5) is 0 Å². The van der Waals surface area contributed by atoms with Gasteiger partial charge in [0.25, 0.3) is 0 Å². The van der Waals surface area contributed by atoms with Crippen molar-refractivity contribution in [2.24, 2.45) is 27.6 Å². The van der Waals surface area contributed by atoms with Crippen molar-refractivity contribution in [3.63, 3.8) is 0 Å². The zero-order valence-electron chi connectivity index (χ0n) is 23.2. The molecule has 190 valence electrons. The molecule has 0 radical (unpaired) electrons. The van der Waals surface area contributed by atoms with Gasteiger partial charge >= 0.3 is 5.97 Å². The van der Waals surface area contributed by atoms with Crippen LogP contribution in [0.2, 0.25) is 0 Å². The van der Waals surface area contributed by atoms with Crippen molar-refractivity contribution >= 4 is 16.8 Å². The van der Waals surface area contributed by atoms with Crippen molar-refractivity contribution < 1.29 is 13.7 Å². The molecule has 0 heterocycles. The Hall–Kier alpha value is -1.16. The molecule has 4 heteroatoms. The Morgan fingerprint density at radius 3 is 1.91 bits per heavy atom. The van der Waals surface area contributed by atoms with E-state index in [-0.39, 0.29) is 40.2 Å². The van der Waals surface area contributed by atoms with Gasteiger partial charge in [-0.3, -0.25) is 9.00 Å². The Morgan fingerprint density at radius 2 is 1.45 bits per heavy atom. The maximum Gasteiger partial charge on any atom is 0.309 e. The molecule has 0 aromatic heterocycles. The van der Waals surface area contributed by atoms with Gasteiger partial charge in [0.1, 0.15) is 6.61 Å². The van der Waals surface area contributed by atoms with E-state index in [1.54, 1.807) is 0 Å². The Kier molecular flexibility index (Phi) is 10.4. The molecule has 0 bridgehead atoms. The molecule has 0 aliphatic heterocycles. The Bertz CT molecular complexity index is 766. The van der Waals surface area contributed by atoms with E-state index in [2.05, 4.69) is 99.6 Å². The summed E-state index contributed by atoms with van der Waals surface area (Å²) in [6.07, 6.45) is 1.81. The molecule has 1 aromatic rings. The van der Waals surface area contributed by atoms with E-state index < -0.39 is 10.8 Å². The first-order chi connectivity index (χ1) is 14.9. The van der Waals surface area contributed by atoms with E-state index in [4.69, 9.17) is 4.74 Å². The number of hydrogen-bond donors (Lipinski definition) is 0. The number of carbonyl (C=O) groups is 1. The third-order valence-electron chi connectivity index (χ3n) is 7.56. The van der Waals surface area contributed by atoms with E-state index in [1.807, 2.05) is 6.92 Å². The van der Waals surface area contributed by atoms with Crippen molar-refractivity contribution in [3.05, 3.63) is 35.9 Å². The normalized spacial score (nSPS) is 16.2. The summed E-state index contributed by atoms with van der Waals surface area (Å²) < 4.78 is 17.4. The van der Waals surface area contributed by atoms with Gasteiger partial charge in [-0.2, -0.15) is 0 Å². The van der Waals surface area contributed by atoms with Crippen LogP contribution in [0, 0.1) is 27.6 Å². The number of carbonyl (C=O) groups excluding carboxylic acids is 1. The van der Waals surface area contributed by atoms with E-state index >= 15 is 0 Å². The third-order valence-corrected chi connectivity index (χ3v) is 8.82. The van der Waals surface area contributed by atoms with Gasteiger partial charge < -0.3 is 4.74 Å². The van der Waals surface area contributed by atoms with E-state index in [1.165, 1.54) is 5.56 Å². The maximum atomic E-state index is 13.2. The molecular weight excluding hydrogens is 428 g/mol. The van der Waals surface area contributed by atoms with E-state index in [9.17, 15) is 9.00 Å². The second kappa shape index (κ2) is 11.5. The number of ether oxygens (including phenoxy) is 1. The summed E-state index contributed by atoms with van der Waals surface area (Å²) in [5.74, 6) is 0.975. The zero-order valence-corrected chi connectivity index (χ0v) is 24.0. The molecule has 0 spiro atoms. The highest BCUT2D eigenvalue weighted by Crippen LogP contribution is 2.56. The molecule has 3 nitrogen and oxygen atoms in total.